The lowest BCUT2D eigenvalue weighted by atomic mass is 9.91. The topological polar surface area (TPSA) is 32.7 Å². The third kappa shape index (κ3) is 2.93. The number of para-hydroxylation sites is 1. The Hall–Kier alpha value is -1.06. The number of aliphatic hydroxyl groups excluding tert-OH is 1. The van der Waals surface area contributed by atoms with Crippen LogP contribution in [0.2, 0.25) is 0 Å². The largest absolute Gasteiger partial charge is 0.493 e. The molecule has 2 heterocycles. The Morgan fingerprint density at radius 3 is 3.05 bits per heavy atom. The van der Waals surface area contributed by atoms with Gasteiger partial charge in [-0.3, -0.25) is 0 Å². The van der Waals surface area contributed by atoms with E-state index in [-0.39, 0.29) is 0 Å². The van der Waals surface area contributed by atoms with Crippen molar-refractivity contribution in [3.05, 3.63) is 29.8 Å². The molecule has 104 valence electrons. The number of rotatable bonds is 3. The third-order valence-electron chi connectivity index (χ3n) is 4.42. The van der Waals surface area contributed by atoms with Gasteiger partial charge in [0.2, 0.25) is 0 Å². The van der Waals surface area contributed by atoms with Gasteiger partial charge in [0, 0.05) is 25.6 Å². The van der Waals surface area contributed by atoms with Gasteiger partial charge in [-0.25, -0.2) is 0 Å². The lowest BCUT2D eigenvalue weighted by Gasteiger charge is -2.36. The van der Waals surface area contributed by atoms with Gasteiger partial charge in [0.25, 0.3) is 0 Å². The first-order valence-corrected chi connectivity index (χ1v) is 7.41. The number of benzene rings is 1. The molecule has 2 aliphatic heterocycles. The van der Waals surface area contributed by atoms with Crippen molar-refractivity contribution >= 4 is 0 Å². The lowest BCUT2D eigenvalue weighted by Crippen LogP contribution is -2.39. The lowest BCUT2D eigenvalue weighted by molar-refractivity contribution is 0.110. The molecule has 0 bridgehead atoms. The molecule has 0 radical (unpaired) electrons. The van der Waals surface area contributed by atoms with Crippen LogP contribution in [0.5, 0.6) is 5.75 Å². The molecule has 2 unspecified atom stereocenters. The Kier molecular flexibility index (Phi) is 4.04. The summed E-state index contributed by atoms with van der Waals surface area (Å²) in [7, 11) is 0. The van der Waals surface area contributed by atoms with Gasteiger partial charge in [0.1, 0.15) is 5.75 Å². The second-order valence-corrected chi connectivity index (χ2v) is 5.82. The fourth-order valence-electron chi connectivity index (χ4n) is 3.38. The van der Waals surface area contributed by atoms with E-state index in [1.807, 2.05) is 6.07 Å². The van der Waals surface area contributed by atoms with Crippen molar-refractivity contribution in [2.45, 2.75) is 25.2 Å². The summed E-state index contributed by atoms with van der Waals surface area (Å²) < 4.78 is 5.73. The van der Waals surface area contributed by atoms with Gasteiger partial charge in [-0.05, 0) is 43.4 Å². The minimum Gasteiger partial charge on any atom is -0.493 e. The molecule has 0 aromatic heterocycles. The molecule has 1 saturated heterocycles. The maximum Gasteiger partial charge on any atom is 0.122 e. The first-order valence-electron chi connectivity index (χ1n) is 7.41. The number of ether oxygens (including phenoxy) is 1. The van der Waals surface area contributed by atoms with E-state index in [9.17, 15) is 5.11 Å². The minimum absolute atomic E-state index is 0.334. The Balaban J connectivity index is 1.67. The molecule has 19 heavy (non-hydrogen) atoms. The molecule has 2 atom stereocenters. The van der Waals surface area contributed by atoms with Crippen LogP contribution in [0.25, 0.3) is 0 Å². The molecule has 2 aliphatic rings. The second kappa shape index (κ2) is 5.93. The van der Waals surface area contributed by atoms with E-state index in [4.69, 9.17) is 4.74 Å². The number of fused-ring (bicyclic) bond motifs is 1. The molecule has 1 aromatic rings. The van der Waals surface area contributed by atoms with Crippen LogP contribution in [0.4, 0.5) is 0 Å². The molecular formula is C16H23NO2. The summed E-state index contributed by atoms with van der Waals surface area (Å²) >= 11 is 0. The average Bonchev–Trinajstić information content (AvgIpc) is 2.48. The summed E-state index contributed by atoms with van der Waals surface area (Å²) in [6.45, 7) is 4.50. The number of likely N-dealkylation sites (tertiary alicyclic amines) is 1. The van der Waals surface area contributed by atoms with E-state index in [1.165, 1.54) is 24.9 Å². The number of piperidine rings is 1. The van der Waals surface area contributed by atoms with Crippen molar-refractivity contribution in [2.24, 2.45) is 5.92 Å². The average molecular weight is 261 g/mol. The maximum absolute atomic E-state index is 9.33. The smallest absolute Gasteiger partial charge is 0.122 e. The standard InChI is InChI=1S/C16H23NO2/c18-12-13-4-3-8-17(10-13)11-14-7-9-19-16-6-2-1-5-15(14)16/h1-2,5-6,13-14,18H,3-4,7-12H2. The van der Waals surface area contributed by atoms with Crippen LogP contribution in [0.15, 0.2) is 24.3 Å². The van der Waals surface area contributed by atoms with Crippen LogP contribution < -0.4 is 4.74 Å². The predicted molar refractivity (Wildman–Crippen MR) is 75.5 cm³/mol. The molecule has 1 N–H and O–H groups in total. The van der Waals surface area contributed by atoms with Gasteiger partial charge in [0.15, 0.2) is 0 Å². The van der Waals surface area contributed by atoms with Gasteiger partial charge in [-0.2, -0.15) is 0 Å². The Morgan fingerprint density at radius 2 is 2.16 bits per heavy atom. The maximum atomic E-state index is 9.33. The zero-order valence-electron chi connectivity index (χ0n) is 11.4. The number of aliphatic hydroxyl groups is 1. The van der Waals surface area contributed by atoms with Crippen molar-refractivity contribution < 1.29 is 9.84 Å². The van der Waals surface area contributed by atoms with E-state index >= 15 is 0 Å². The minimum atomic E-state index is 0.334. The predicted octanol–water partition coefficient (Wildman–Crippen LogP) is 2.26. The van der Waals surface area contributed by atoms with E-state index in [0.717, 1.165) is 31.9 Å². The van der Waals surface area contributed by atoms with Crippen molar-refractivity contribution in [3.8, 4) is 5.75 Å². The van der Waals surface area contributed by atoms with E-state index in [0.29, 0.717) is 18.4 Å². The van der Waals surface area contributed by atoms with Crippen LogP contribution in [-0.4, -0.2) is 42.9 Å². The molecule has 3 heteroatoms. The number of hydrogen-bond acceptors (Lipinski definition) is 3. The van der Waals surface area contributed by atoms with Crippen molar-refractivity contribution in [1.29, 1.82) is 0 Å². The van der Waals surface area contributed by atoms with Crippen molar-refractivity contribution in [3.63, 3.8) is 0 Å². The summed E-state index contributed by atoms with van der Waals surface area (Å²) in [5.74, 6) is 2.13. The molecule has 0 spiro atoms. The van der Waals surface area contributed by atoms with Crippen LogP contribution in [0.1, 0.15) is 30.7 Å². The molecule has 0 aliphatic carbocycles. The van der Waals surface area contributed by atoms with Gasteiger partial charge < -0.3 is 14.7 Å². The fourth-order valence-corrected chi connectivity index (χ4v) is 3.38. The molecule has 0 saturated carbocycles. The molecule has 1 aromatic carbocycles. The van der Waals surface area contributed by atoms with E-state index in [1.54, 1.807) is 0 Å². The highest BCUT2D eigenvalue weighted by molar-refractivity contribution is 5.37. The molecule has 0 amide bonds. The van der Waals surface area contributed by atoms with Crippen LogP contribution >= 0.6 is 0 Å². The monoisotopic (exact) mass is 261 g/mol. The SMILES string of the molecule is OCC1CCCN(CC2CCOc3ccccc32)C1. The highest BCUT2D eigenvalue weighted by Gasteiger charge is 2.26. The quantitative estimate of drug-likeness (QED) is 0.906. The number of hydrogen-bond donors (Lipinski definition) is 1. The van der Waals surface area contributed by atoms with Crippen LogP contribution in [0.3, 0.4) is 0 Å². The van der Waals surface area contributed by atoms with Crippen LogP contribution in [0, 0.1) is 5.92 Å². The summed E-state index contributed by atoms with van der Waals surface area (Å²) in [6.07, 6.45) is 3.50. The van der Waals surface area contributed by atoms with Gasteiger partial charge >= 0.3 is 0 Å². The Labute approximate surface area is 115 Å². The first kappa shape index (κ1) is 12.9. The Bertz CT molecular complexity index is 421. The van der Waals surface area contributed by atoms with Crippen molar-refractivity contribution in [1.82, 2.24) is 4.90 Å². The summed E-state index contributed by atoms with van der Waals surface area (Å²) in [4.78, 5) is 2.52. The first-order chi connectivity index (χ1) is 9.36. The van der Waals surface area contributed by atoms with E-state index < -0.39 is 0 Å². The van der Waals surface area contributed by atoms with Crippen molar-refractivity contribution in [2.75, 3.05) is 32.8 Å². The normalized spacial score (nSPS) is 27.6. The molecular weight excluding hydrogens is 238 g/mol. The Morgan fingerprint density at radius 1 is 1.26 bits per heavy atom. The van der Waals surface area contributed by atoms with Gasteiger partial charge in [-0.15, -0.1) is 0 Å². The zero-order chi connectivity index (χ0) is 13.1. The second-order valence-electron chi connectivity index (χ2n) is 5.82. The van der Waals surface area contributed by atoms with Gasteiger partial charge in [-0.1, -0.05) is 18.2 Å². The van der Waals surface area contributed by atoms with Crippen LogP contribution in [-0.2, 0) is 0 Å². The zero-order valence-corrected chi connectivity index (χ0v) is 11.4. The summed E-state index contributed by atoms with van der Waals surface area (Å²) in [6, 6.07) is 8.43. The third-order valence-corrected chi connectivity index (χ3v) is 4.42. The van der Waals surface area contributed by atoms with Gasteiger partial charge in [0.05, 0.1) is 6.61 Å². The summed E-state index contributed by atoms with van der Waals surface area (Å²) in [5.41, 5.74) is 1.36. The molecule has 3 rings (SSSR count). The molecule has 3 nitrogen and oxygen atoms in total. The fraction of sp³-hybridized carbons (Fsp3) is 0.625. The number of nitrogens with zero attached hydrogens (tertiary/aromatic N) is 1. The molecule has 1 fully saturated rings. The highest BCUT2D eigenvalue weighted by atomic mass is 16.5. The highest BCUT2D eigenvalue weighted by Crippen LogP contribution is 2.34. The van der Waals surface area contributed by atoms with E-state index in [2.05, 4.69) is 23.1 Å². The summed E-state index contributed by atoms with van der Waals surface area (Å²) in [5, 5.41) is 9.33.